The summed E-state index contributed by atoms with van der Waals surface area (Å²) in [6.45, 7) is 0. The van der Waals surface area contributed by atoms with Gasteiger partial charge in [-0.1, -0.05) is 6.07 Å². The van der Waals surface area contributed by atoms with Crippen molar-refractivity contribution in [3.63, 3.8) is 0 Å². The molecule has 17 heavy (non-hydrogen) atoms. The van der Waals surface area contributed by atoms with Crippen molar-refractivity contribution in [2.45, 2.75) is 31.7 Å². The first-order chi connectivity index (χ1) is 8.15. The number of carbonyl (C=O) groups is 1. The number of halogens is 1. The molecule has 0 unspecified atom stereocenters. The Morgan fingerprint density at radius 3 is 2.59 bits per heavy atom. The van der Waals surface area contributed by atoms with Gasteiger partial charge in [0.2, 0.25) is 0 Å². The number of benzene rings is 1. The van der Waals surface area contributed by atoms with Crippen LogP contribution in [0.1, 0.15) is 25.7 Å². The molecule has 0 aromatic heterocycles. The molecule has 4 heteroatoms. The number of anilines is 1. The van der Waals surface area contributed by atoms with Crippen LogP contribution in [0.4, 0.5) is 10.1 Å². The summed E-state index contributed by atoms with van der Waals surface area (Å²) in [5, 5.41) is 12.1. The average molecular weight is 237 g/mol. The minimum Gasteiger partial charge on any atom is -0.481 e. The molecule has 2 N–H and O–H groups in total. The summed E-state index contributed by atoms with van der Waals surface area (Å²) in [5.74, 6) is -1.16. The van der Waals surface area contributed by atoms with Crippen LogP contribution in [-0.4, -0.2) is 17.1 Å². The lowest BCUT2D eigenvalue weighted by Gasteiger charge is -2.27. The van der Waals surface area contributed by atoms with E-state index in [4.69, 9.17) is 5.11 Å². The van der Waals surface area contributed by atoms with Crippen molar-refractivity contribution < 1.29 is 14.3 Å². The van der Waals surface area contributed by atoms with Crippen molar-refractivity contribution in [1.29, 1.82) is 0 Å². The first-order valence-electron chi connectivity index (χ1n) is 5.90. The fourth-order valence-corrected chi connectivity index (χ4v) is 2.30. The monoisotopic (exact) mass is 237 g/mol. The van der Waals surface area contributed by atoms with Crippen LogP contribution in [-0.2, 0) is 4.79 Å². The second-order valence-electron chi connectivity index (χ2n) is 4.54. The van der Waals surface area contributed by atoms with Gasteiger partial charge >= 0.3 is 5.97 Å². The SMILES string of the molecule is O=C(O)C1CCC(Nc2cccc(F)c2)CC1. The summed E-state index contributed by atoms with van der Waals surface area (Å²) in [6, 6.07) is 6.62. The quantitative estimate of drug-likeness (QED) is 0.849. The number of hydrogen-bond donors (Lipinski definition) is 2. The Labute approximate surface area is 99.7 Å². The van der Waals surface area contributed by atoms with Gasteiger partial charge in [-0.25, -0.2) is 4.39 Å². The highest BCUT2D eigenvalue weighted by Gasteiger charge is 2.25. The maximum atomic E-state index is 13.0. The molecule has 1 fully saturated rings. The van der Waals surface area contributed by atoms with Gasteiger partial charge in [0.25, 0.3) is 0 Å². The standard InChI is InChI=1S/C13H16FNO2/c14-10-2-1-3-12(8-10)15-11-6-4-9(5-7-11)13(16)17/h1-3,8-9,11,15H,4-7H2,(H,16,17). The molecule has 1 aromatic rings. The lowest BCUT2D eigenvalue weighted by molar-refractivity contribution is -0.142. The predicted octanol–water partition coefficient (Wildman–Crippen LogP) is 2.88. The van der Waals surface area contributed by atoms with E-state index < -0.39 is 5.97 Å². The number of carboxylic acid groups (broad SMARTS) is 1. The summed E-state index contributed by atoms with van der Waals surface area (Å²) < 4.78 is 13.0. The van der Waals surface area contributed by atoms with Gasteiger partial charge in [-0.15, -0.1) is 0 Å². The number of rotatable bonds is 3. The Morgan fingerprint density at radius 1 is 1.29 bits per heavy atom. The zero-order valence-electron chi connectivity index (χ0n) is 9.53. The molecule has 1 aliphatic carbocycles. The minimum absolute atomic E-state index is 0.208. The van der Waals surface area contributed by atoms with Crippen LogP contribution in [0.5, 0.6) is 0 Å². The zero-order valence-corrected chi connectivity index (χ0v) is 9.53. The van der Waals surface area contributed by atoms with E-state index in [1.807, 2.05) is 6.07 Å². The topological polar surface area (TPSA) is 49.3 Å². The zero-order chi connectivity index (χ0) is 12.3. The van der Waals surface area contributed by atoms with Crippen LogP contribution < -0.4 is 5.32 Å². The van der Waals surface area contributed by atoms with Crippen LogP contribution in [0.15, 0.2) is 24.3 Å². The second-order valence-corrected chi connectivity index (χ2v) is 4.54. The van der Waals surface area contributed by atoms with E-state index in [2.05, 4.69) is 5.32 Å². The first kappa shape index (κ1) is 11.9. The van der Waals surface area contributed by atoms with E-state index in [1.54, 1.807) is 6.07 Å². The lowest BCUT2D eigenvalue weighted by atomic mass is 9.86. The van der Waals surface area contributed by atoms with Gasteiger partial charge in [-0.3, -0.25) is 4.79 Å². The van der Waals surface area contributed by atoms with Crippen molar-refractivity contribution in [2.75, 3.05) is 5.32 Å². The highest BCUT2D eigenvalue weighted by Crippen LogP contribution is 2.26. The third-order valence-corrected chi connectivity index (χ3v) is 3.27. The fraction of sp³-hybridized carbons (Fsp3) is 0.462. The molecule has 2 rings (SSSR count). The number of hydrogen-bond acceptors (Lipinski definition) is 2. The average Bonchev–Trinajstić information content (AvgIpc) is 2.29. The van der Waals surface area contributed by atoms with Crippen LogP contribution in [0.25, 0.3) is 0 Å². The maximum absolute atomic E-state index is 13.0. The van der Waals surface area contributed by atoms with Gasteiger partial charge in [0.05, 0.1) is 5.92 Å². The molecular formula is C13H16FNO2. The third-order valence-electron chi connectivity index (χ3n) is 3.27. The molecule has 0 radical (unpaired) electrons. The van der Waals surface area contributed by atoms with Gasteiger partial charge in [0.15, 0.2) is 0 Å². The molecule has 1 aromatic carbocycles. The summed E-state index contributed by atoms with van der Waals surface area (Å²) >= 11 is 0. The molecule has 0 heterocycles. The molecular weight excluding hydrogens is 221 g/mol. The Bertz CT molecular complexity index is 400. The van der Waals surface area contributed by atoms with Crippen molar-refractivity contribution in [3.05, 3.63) is 30.1 Å². The van der Waals surface area contributed by atoms with Crippen LogP contribution in [0.2, 0.25) is 0 Å². The van der Waals surface area contributed by atoms with E-state index in [-0.39, 0.29) is 17.8 Å². The van der Waals surface area contributed by atoms with E-state index in [1.165, 1.54) is 12.1 Å². The third kappa shape index (κ3) is 3.19. The van der Waals surface area contributed by atoms with E-state index in [0.717, 1.165) is 18.5 Å². The second kappa shape index (κ2) is 5.17. The number of carboxylic acids is 1. The van der Waals surface area contributed by atoms with E-state index in [0.29, 0.717) is 12.8 Å². The highest BCUT2D eigenvalue weighted by atomic mass is 19.1. The fourth-order valence-electron chi connectivity index (χ4n) is 2.30. The van der Waals surface area contributed by atoms with E-state index in [9.17, 15) is 9.18 Å². The van der Waals surface area contributed by atoms with Gasteiger partial charge in [-0.05, 0) is 43.9 Å². The predicted molar refractivity (Wildman–Crippen MR) is 63.4 cm³/mol. The van der Waals surface area contributed by atoms with Crippen molar-refractivity contribution in [2.24, 2.45) is 5.92 Å². The number of nitrogens with one attached hydrogen (secondary N) is 1. The first-order valence-corrected chi connectivity index (χ1v) is 5.90. The summed E-state index contributed by atoms with van der Waals surface area (Å²) in [6.07, 6.45) is 3.05. The number of aliphatic carboxylic acids is 1. The molecule has 92 valence electrons. The van der Waals surface area contributed by atoms with E-state index >= 15 is 0 Å². The smallest absolute Gasteiger partial charge is 0.306 e. The van der Waals surface area contributed by atoms with Gasteiger partial charge < -0.3 is 10.4 Å². The molecule has 0 amide bonds. The lowest BCUT2D eigenvalue weighted by Crippen LogP contribution is -2.29. The van der Waals surface area contributed by atoms with Gasteiger partial charge in [0.1, 0.15) is 5.82 Å². The largest absolute Gasteiger partial charge is 0.481 e. The molecule has 0 aliphatic heterocycles. The molecule has 3 nitrogen and oxygen atoms in total. The molecule has 1 saturated carbocycles. The Morgan fingerprint density at radius 2 is 2.00 bits per heavy atom. The Kier molecular flexibility index (Phi) is 3.61. The molecule has 0 saturated heterocycles. The molecule has 1 aliphatic rings. The summed E-state index contributed by atoms with van der Waals surface area (Å²) in [5.41, 5.74) is 0.767. The normalized spacial score (nSPS) is 24.3. The van der Waals surface area contributed by atoms with Crippen molar-refractivity contribution in [3.8, 4) is 0 Å². The van der Waals surface area contributed by atoms with Crippen LogP contribution in [0.3, 0.4) is 0 Å². The van der Waals surface area contributed by atoms with Crippen molar-refractivity contribution >= 4 is 11.7 Å². The molecule has 0 atom stereocenters. The molecule has 0 spiro atoms. The Balaban J connectivity index is 1.88. The summed E-state index contributed by atoms with van der Waals surface area (Å²) in [7, 11) is 0. The highest BCUT2D eigenvalue weighted by molar-refractivity contribution is 5.70. The minimum atomic E-state index is -0.700. The van der Waals surface area contributed by atoms with Gasteiger partial charge in [0, 0.05) is 11.7 Å². The van der Waals surface area contributed by atoms with Crippen LogP contribution in [0, 0.1) is 11.7 Å². The molecule has 0 bridgehead atoms. The summed E-state index contributed by atoms with van der Waals surface area (Å²) in [4.78, 5) is 10.8. The van der Waals surface area contributed by atoms with Gasteiger partial charge in [-0.2, -0.15) is 0 Å². The maximum Gasteiger partial charge on any atom is 0.306 e. The Hall–Kier alpha value is -1.58. The van der Waals surface area contributed by atoms with Crippen molar-refractivity contribution in [1.82, 2.24) is 0 Å². The van der Waals surface area contributed by atoms with Crippen LogP contribution >= 0.6 is 0 Å².